The zero-order valence-electron chi connectivity index (χ0n) is 14.2. The van der Waals surface area contributed by atoms with E-state index in [1.54, 1.807) is 18.5 Å². The van der Waals surface area contributed by atoms with Gasteiger partial charge in [0.25, 0.3) is 5.91 Å². The highest BCUT2D eigenvalue weighted by molar-refractivity contribution is 9.10. The summed E-state index contributed by atoms with van der Waals surface area (Å²) in [6, 6.07) is 7.41. The van der Waals surface area contributed by atoms with E-state index in [0.717, 1.165) is 48.6 Å². The van der Waals surface area contributed by atoms with Crippen molar-refractivity contribution in [3.63, 3.8) is 0 Å². The summed E-state index contributed by atoms with van der Waals surface area (Å²) in [5.41, 5.74) is 8.80. The topological polar surface area (TPSA) is 74.5 Å². The van der Waals surface area contributed by atoms with Crippen molar-refractivity contribution >= 4 is 38.9 Å². The number of aromatic nitrogens is 1. The molecule has 0 atom stereocenters. The van der Waals surface area contributed by atoms with Crippen molar-refractivity contribution in [2.24, 2.45) is 0 Å². The number of rotatable bonds is 4. The molecular weight excluding hydrogens is 382 g/mol. The number of anilines is 3. The van der Waals surface area contributed by atoms with Gasteiger partial charge in [-0.1, -0.05) is 6.92 Å². The molecule has 1 aromatic heterocycles. The monoisotopic (exact) mass is 403 g/mol. The molecule has 0 saturated carbocycles. The van der Waals surface area contributed by atoms with Crippen LogP contribution < -0.4 is 16.0 Å². The number of hydrogen-bond donors (Lipinski definition) is 2. The van der Waals surface area contributed by atoms with Gasteiger partial charge in [0.2, 0.25) is 0 Å². The van der Waals surface area contributed by atoms with E-state index in [0.29, 0.717) is 11.3 Å². The van der Waals surface area contributed by atoms with Crippen molar-refractivity contribution in [2.45, 2.75) is 6.92 Å². The van der Waals surface area contributed by atoms with Crippen LogP contribution in [-0.4, -0.2) is 48.5 Å². The third-order valence-electron chi connectivity index (χ3n) is 4.40. The molecule has 25 heavy (non-hydrogen) atoms. The Hall–Kier alpha value is -2.12. The molecule has 0 spiro atoms. The zero-order chi connectivity index (χ0) is 17.8. The van der Waals surface area contributed by atoms with Crippen LogP contribution >= 0.6 is 15.9 Å². The summed E-state index contributed by atoms with van der Waals surface area (Å²) in [5.74, 6) is -0.201. The second kappa shape index (κ2) is 7.84. The number of amides is 1. The summed E-state index contributed by atoms with van der Waals surface area (Å²) >= 11 is 3.34. The number of likely N-dealkylation sites (N-methyl/N-ethyl adjacent to an activating group) is 1. The summed E-state index contributed by atoms with van der Waals surface area (Å²) < 4.78 is 0.767. The fraction of sp³-hybridized carbons (Fsp3) is 0.333. The minimum absolute atomic E-state index is 0.201. The van der Waals surface area contributed by atoms with E-state index in [1.165, 1.54) is 0 Å². The summed E-state index contributed by atoms with van der Waals surface area (Å²) in [7, 11) is 0. The number of hydrogen-bond acceptors (Lipinski definition) is 5. The van der Waals surface area contributed by atoms with Gasteiger partial charge in [0.05, 0.1) is 16.9 Å². The molecule has 2 aromatic rings. The minimum atomic E-state index is -0.201. The Bertz CT molecular complexity index is 759. The summed E-state index contributed by atoms with van der Waals surface area (Å²) in [4.78, 5) is 21.3. The first-order valence-corrected chi connectivity index (χ1v) is 9.15. The number of pyridine rings is 1. The van der Waals surface area contributed by atoms with Crippen LogP contribution in [0.2, 0.25) is 0 Å². The number of nitrogens with zero attached hydrogens (tertiary/aromatic N) is 3. The second-order valence-corrected chi connectivity index (χ2v) is 6.96. The van der Waals surface area contributed by atoms with Crippen molar-refractivity contribution in [1.82, 2.24) is 9.88 Å². The number of carbonyl (C=O) groups excluding carboxylic acids is 1. The Morgan fingerprint density at radius 2 is 2.00 bits per heavy atom. The van der Waals surface area contributed by atoms with Gasteiger partial charge in [-0.3, -0.25) is 9.78 Å². The van der Waals surface area contributed by atoms with Crippen molar-refractivity contribution < 1.29 is 4.79 Å². The Morgan fingerprint density at radius 3 is 2.68 bits per heavy atom. The van der Waals surface area contributed by atoms with Crippen LogP contribution in [0.1, 0.15) is 17.3 Å². The Kier molecular flexibility index (Phi) is 5.55. The third kappa shape index (κ3) is 4.29. The maximum absolute atomic E-state index is 12.6. The number of halogens is 1. The van der Waals surface area contributed by atoms with Gasteiger partial charge in [-0.05, 0) is 46.7 Å². The van der Waals surface area contributed by atoms with Gasteiger partial charge in [-0.25, -0.2) is 0 Å². The molecule has 2 heterocycles. The fourth-order valence-electron chi connectivity index (χ4n) is 2.97. The third-order valence-corrected chi connectivity index (χ3v) is 4.83. The molecule has 132 valence electrons. The van der Waals surface area contributed by atoms with E-state index in [-0.39, 0.29) is 5.91 Å². The predicted octanol–water partition coefficient (Wildman–Crippen LogP) is 2.82. The average Bonchev–Trinajstić information content (AvgIpc) is 2.62. The lowest BCUT2D eigenvalue weighted by atomic mass is 10.1. The summed E-state index contributed by atoms with van der Waals surface area (Å²) in [6.45, 7) is 7.14. The maximum Gasteiger partial charge on any atom is 0.257 e. The van der Waals surface area contributed by atoms with Crippen LogP contribution in [0.5, 0.6) is 0 Å². The van der Waals surface area contributed by atoms with Crippen LogP contribution in [0, 0.1) is 0 Å². The molecular formula is C18H22BrN5O. The van der Waals surface area contributed by atoms with Gasteiger partial charge >= 0.3 is 0 Å². The van der Waals surface area contributed by atoms with Crippen molar-refractivity contribution in [2.75, 3.05) is 48.7 Å². The SMILES string of the molecule is CCN1CCN(c2ccc(N)cc2NC(=O)c2cncc(Br)c2)CC1. The molecule has 3 N–H and O–H groups in total. The van der Waals surface area contributed by atoms with Crippen molar-refractivity contribution in [3.05, 3.63) is 46.7 Å². The largest absolute Gasteiger partial charge is 0.399 e. The number of benzene rings is 1. The molecule has 3 rings (SSSR count). The number of piperazine rings is 1. The molecule has 1 aromatic carbocycles. The van der Waals surface area contributed by atoms with E-state index >= 15 is 0 Å². The molecule has 1 aliphatic rings. The molecule has 0 radical (unpaired) electrons. The Morgan fingerprint density at radius 1 is 1.24 bits per heavy atom. The van der Waals surface area contributed by atoms with Crippen LogP contribution in [0.15, 0.2) is 41.1 Å². The van der Waals surface area contributed by atoms with Gasteiger partial charge < -0.3 is 20.9 Å². The van der Waals surface area contributed by atoms with E-state index in [1.807, 2.05) is 18.2 Å². The predicted molar refractivity (Wildman–Crippen MR) is 105 cm³/mol. The van der Waals surface area contributed by atoms with Gasteiger partial charge in [0.1, 0.15) is 0 Å². The standard InChI is InChI=1S/C18H22BrN5O/c1-2-23-5-7-24(8-6-23)17-4-3-15(20)10-16(17)22-18(25)13-9-14(19)12-21-11-13/h3-4,9-12H,2,5-8,20H2,1H3,(H,22,25). The van der Waals surface area contributed by atoms with Gasteiger partial charge in [0.15, 0.2) is 0 Å². The molecule has 0 aliphatic carbocycles. The van der Waals surface area contributed by atoms with E-state index in [4.69, 9.17) is 5.73 Å². The van der Waals surface area contributed by atoms with Gasteiger partial charge in [-0.15, -0.1) is 0 Å². The average molecular weight is 404 g/mol. The van der Waals surface area contributed by atoms with E-state index < -0.39 is 0 Å². The second-order valence-electron chi connectivity index (χ2n) is 6.04. The van der Waals surface area contributed by atoms with Crippen LogP contribution in [0.25, 0.3) is 0 Å². The maximum atomic E-state index is 12.6. The number of nitrogens with two attached hydrogens (primary N) is 1. The molecule has 1 amide bonds. The van der Waals surface area contributed by atoms with Crippen molar-refractivity contribution in [3.8, 4) is 0 Å². The lowest BCUT2D eigenvalue weighted by molar-refractivity contribution is 0.102. The van der Waals surface area contributed by atoms with Crippen molar-refractivity contribution in [1.29, 1.82) is 0 Å². The lowest BCUT2D eigenvalue weighted by Crippen LogP contribution is -2.46. The van der Waals surface area contributed by atoms with Gasteiger partial charge in [-0.2, -0.15) is 0 Å². The van der Waals surface area contributed by atoms with Crippen LogP contribution in [-0.2, 0) is 0 Å². The normalized spacial score (nSPS) is 15.2. The van der Waals surface area contributed by atoms with E-state index in [2.05, 4.69) is 43.0 Å². The first kappa shape index (κ1) is 17.7. The first-order valence-electron chi connectivity index (χ1n) is 8.35. The Balaban J connectivity index is 1.81. The molecule has 1 fully saturated rings. The van der Waals surface area contributed by atoms with Crippen LogP contribution in [0.3, 0.4) is 0 Å². The molecule has 7 heteroatoms. The fourth-order valence-corrected chi connectivity index (χ4v) is 3.33. The summed E-state index contributed by atoms with van der Waals surface area (Å²) in [6.07, 6.45) is 3.20. The van der Waals surface area contributed by atoms with Crippen LogP contribution in [0.4, 0.5) is 17.1 Å². The molecule has 1 aliphatic heterocycles. The number of nitrogens with one attached hydrogen (secondary N) is 1. The molecule has 0 unspecified atom stereocenters. The number of carbonyl (C=O) groups is 1. The molecule has 1 saturated heterocycles. The number of nitrogen functional groups attached to an aromatic ring is 1. The lowest BCUT2D eigenvalue weighted by Gasteiger charge is -2.36. The Labute approximate surface area is 156 Å². The van der Waals surface area contributed by atoms with E-state index in [9.17, 15) is 4.79 Å². The highest BCUT2D eigenvalue weighted by Crippen LogP contribution is 2.29. The molecule has 0 bridgehead atoms. The zero-order valence-corrected chi connectivity index (χ0v) is 15.8. The first-order chi connectivity index (χ1) is 12.1. The molecule has 6 nitrogen and oxygen atoms in total. The minimum Gasteiger partial charge on any atom is -0.399 e. The quantitative estimate of drug-likeness (QED) is 0.767. The van der Waals surface area contributed by atoms with Gasteiger partial charge in [0, 0.05) is 48.7 Å². The highest BCUT2D eigenvalue weighted by atomic mass is 79.9. The highest BCUT2D eigenvalue weighted by Gasteiger charge is 2.19. The summed E-state index contributed by atoms with van der Waals surface area (Å²) in [5, 5.41) is 2.98. The smallest absolute Gasteiger partial charge is 0.257 e.